The fourth-order valence-electron chi connectivity index (χ4n) is 1.91. The predicted octanol–water partition coefficient (Wildman–Crippen LogP) is 2.92. The number of nitrogens with zero attached hydrogens (tertiary/aromatic N) is 3. The average molecular weight is 296 g/mol. The topological polar surface area (TPSA) is 56.7 Å². The van der Waals surface area contributed by atoms with Crippen LogP contribution in [0.5, 0.6) is 0 Å². The third-order valence-corrected chi connectivity index (χ3v) is 5.32. The van der Waals surface area contributed by atoms with Crippen molar-refractivity contribution in [2.75, 3.05) is 0 Å². The van der Waals surface area contributed by atoms with E-state index in [1.54, 1.807) is 23.1 Å². The Kier molecular flexibility index (Phi) is 4.65. The fourth-order valence-corrected chi connectivity index (χ4v) is 3.89. The van der Waals surface area contributed by atoms with E-state index in [1.807, 2.05) is 18.7 Å². The van der Waals surface area contributed by atoms with E-state index in [-0.39, 0.29) is 6.04 Å². The largest absolute Gasteiger partial charge is 0.327 e. The van der Waals surface area contributed by atoms with Gasteiger partial charge >= 0.3 is 0 Å². The standard InChI is InChI=1S/C13H20N4S2/c1-5-10(14)6-11-9(3)16-17(4)12(11)19-13-15-8(2)7-18-13/h7,10H,5-6,14H2,1-4H3. The summed E-state index contributed by atoms with van der Waals surface area (Å²) >= 11 is 3.36. The van der Waals surface area contributed by atoms with Crippen LogP contribution in [0.1, 0.15) is 30.3 Å². The van der Waals surface area contributed by atoms with Crippen molar-refractivity contribution in [2.24, 2.45) is 12.8 Å². The van der Waals surface area contributed by atoms with E-state index in [2.05, 4.69) is 29.3 Å². The minimum atomic E-state index is 0.195. The molecule has 0 aliphatic rings. The summed E-state index contributed by atoms with van der Waals surface area (Å²) < 4.78 is 3.00. The van der Waals surface area contributed by atoms with Gasteiger partial charge in [0, 0.05) is 29.7 Å². The van der Waals surface area contributed by atoms with E-state index in [0.717, 1.165) is 33.6 Å². The van der Waals surface area contributed by atoms with Crippen LogP contribution in [0.2, 0.25) is 0 Å². The van der Waals surface area contributed by atoms with Crippen molar-refractivity contribution >= 4 is 23.1 Å². The molecule has 0 radical (unpaired) electrons. The Hall–Kier alpha value is -0.850. The van der Waals surface area contributed by atoms with Crippen LogP contribution in [0, 0.1) is 13.8 Å². The van der Waals surface area contributed by atoms with Crippen LogP contribution < -0.4 is 5.73 Å². The summed E-state index contributed by atoms with van der Waals surface area (Å²) in [5, 5.41) is 7.75. The highest BCUT2D eigenvalue weighted by atomic mass is 32.2. The lowest BCUT2D eigenvalue weighted by Crippen LogP contribution is -2.21. The Morgan fingerprint density at radius 1 is 1.47 bits per heavy atom. The summed E-state index contributed by atoms with van der Waals surface area (Å²) in [5.74, 6) is 0. The fraction of sp³-hybridized carbons (Fsp3) is 0.538. The summed E-state index contributed by atoms with van der Waals surface area (Å²) in [5.41, 5.74) is 9.49. The molecule has 6 heteroatoms. The number of nitrogens with two attached hydrogens (primary N) is 1. The molecular formula is C13H20N4S2. The molecule has 0 aliphatic carbocycles. The zero-order chi connectivity index (χ0) is 14.0. The van der Waals surface area contributed by atoms with Crippen LogP contribution in [0.4, 0.5) is 0 Å². The van der Waals surface area contributed by atoms with E-state index in [1.165, 1.54) is 5.56 Å². The Bertz CT molecular complexity index is 559. The van der Waals surface area contributed by atoms with Crippen LogP contribution in [0.3, 0.4) is 0 Å². The quantitative estimate of drug-likeness (QED) is 0.921. The molecule has 2 heterocycles. The van der Waals surface area contributed by atoms with Crippen molar-refractivity contribution in [3.63, 3.8) is 0 Å². The van der Waals surface area contributed by atoms with Crippen LogP contribution in [0.25, 0.3) is 0 Å². The van der Waals surface area contributed by atoms with Gasteiger partial charge in [0.25, 0.3) is 0 Å². The van der Waals surface area contributed by atoms with Crippen molar-refractivity contribution < 1.29 is 0 Å². The normalized spacial score (nSPS) is 12.9. The maximum absolute atomic E-state index is 6.09. The second kappa shape index (κ2) is 6.07. The molecule has 0 saturated carbocycles. The molecule has 0 saturated heterocycles. The molecule has 0 amide bonds. The van der Waals surface area contributed by atoms with Crippen molar-refractivity contribution in [3.8, 4) is 0 Å². The first-order valence-electron chi connectivity index (χ1n) is 6.39. The molecular weight excluding hydrogens is 276 g/mol. The third kappa shape index (κ3) is 3.38. The molecule has 104 valence electrons. The van der Waals surface area contributed by atoms with E-state index >= 15 is 0 Å². The first-order valence-corrected chi connectivity index (χ1v) is 8.09. The molecule has 1 atom stereocenters. The summed E-state index contributed by atoms with van der Waals surface area (Å²) in [6.45, 7) is 6.19. The summed E-state index contributed by atoms with van der Waals surface area (Å²) in [7, 11) is 1.98. The first kappa shape index (κ1) is 14.6. The van der Waals surface area contributed by atoms with Gasteiger partial charge in [-0.2, -0.15) is 5.10 Å². The molecule has 2 rings (SSSR count). The number of thiazole rings is 1. The molecule has 2 aromatic heterocycles. The van der Waals surface area contributed by atoms with Crippen molar-refractivity contribution in [1.29, 1.82) is 0 Å². The van der Waals surface area contributed by atoms with Crippen molar-refractivity contribution in [3.05, 3.63) is 22.3 Å². The highest BCUT2D eigenvalue weighted by Gasteiger charge is 2.17. The van der Waals surface area contributed by atoms with Crippen LogP contribution in [0.15, 0.2) is 14.7 Å². The monoisotopic (exact) mass is 296 g/mol. The third-order valence-electron chi connectivity index (χ3n) is 3.06. The molecule has 1 unspecified atom stereocenters. The summed E-state index contributed by atoms with van der Waals surface area (Å²) in [6, 6.07) is 0.195. The van der Waals surface area contributed by atoms with Crippen molar-refractivity contribution in [1.82, 2.24) is 14.8 Å². The lowest BCUT2D eigenvalue weighted by atomic mass is 10.1. The molecule has 0 bridgehead atoms. The SMILES string of the molecule is CCC(N)Cc1c(C)nn(C)c1Sc1nc(C)cs1. The smallest absolute Gasteiger partial charge is 0.156 e. The molecule has 0 aromatic carbocycles. The average Bonchev–Trinajstić information content (AvgIpc) is 2.88. The molecule has 2 aromatic rings. The van der Waals surface area contributed by atoms with E-state index in [0.29, 0.717) is 0 Å². The van der Waals surface area contributed by atoms with Gasteiger partial charge in [-0.25, -0.2) is 4.98 Å². The Morgan fingerprint density at radius 2 is 2.21 bits per heavy atom. The van der Waals surface area contributed by atoms with Gasteiger partial charge in [-0.05, 0) is 38.5 Å². The van der Waals surface area contributed by atoms with Gasteiger partial charge in [0.1, 0.15) is 5.03 Å². The number of hydrogen-bond acceptors (Lipinski definition) is 5. The second-order valence-electron chi connectivity index (χ2n) is 4.72. The number of rotatable bonds is 5. The van der Waals surface area contributed by atoms with Gasteiger partial charge in [-0.3, -0.25) is 4.68 Å². The lowest BCUT2D eigenvalue weighted by Gasteiger charge is -2.09. The molecule has 0 aliphatic heterocycles. The minimum Gasteiger partial charge on any atom is -0.327 e. The predicted molar refractivity (Wildman–Crippen MR) is 80.9 cm³/mol. The van der Waals surface area contributed by atoms with Crippen LogP contribution >= 0.6 is 23.1 Å². The van der Waals surface area contributed by atoms with Crippen molar-refractivity contribution in [2.45, 2.75) is 49.0 Å². The van der Waals surface area contributed by atoms with E-state index in [9.17, 15) is 0 Å². The second-order valence-corrected chi connectivity index (χ2v) is 6.82. The van der Waals surface area contributed by atoms with Gasteiger partial charge in [0.2, 0.25) is 0 Å². The highest BCUT2D eigenvalue weighted by Crippen LogP contribution is 2.34. The summed E-state index contributed by atoms with van der Waals surface area (Å²) in [4.78, 5) is 4.51. The van der Waals surface area contributed by atoms with E-state index in [4.69, 9.17) is 5.73 Å². The lowest BCUT2D eigenvalue weighted by molar-refractivity contribution is 0.631. The Labute approximate surface area is 122 Å². The Balaban J connectivity index is 2.28. The number of hydrogen-bond donors (Lipinski definition) is 1. The van der Waals surface area contributed by atoms with Gasteiger partial charge in [-0.1, -0.05) is 6.92 Å². The van der Waals surface area contributed by atoms with Crippen LogP contribution in [-0.4, -0.2) is 20.8 Å². The minimum absolute atomic E-state index is 0.195. The maximum Gasteiger partial charge on any atom is 0.156 e. The molecule has 0 fully saturated rings. The van der Waals surface area contributed by atoms with Gasteiger partial charge in [0.05, 0.1) is 5.69 Å². The molecule has 4 nitrogen and oxygen atoms in total. The van der Waals surface area contributed by atoms with Gasteiger partial charge in [0.15, 0.2) is 4.34 Å². The number of aryl methyl sites for hydroxylation is 3. The molecule has 19 heavy (non-hydrogen) atoms. The first-order chi connectivity index (χ1) is 9.01. The zero-order valence-electron chi connectivity index (χ0n) is 11.8. The van der Waals surface area contributed by atoms with Gasteiger partial charge in [-0.15, -0.1) is 11.3 Å². The maximum atomic E-state index is 6.09. The molecule has 2 N–H and O–H groups in total. The Morgan fingerprint density at radius 3 is 2.79 bits per heavy atom. The van der Waals surface area contributed by atoms with Gasteiger partial charge < -0.3 is 5.73 Å². The van der Waals surface area contributed by atoms with E-state index < -0.39 is 0 Å². The zero-order valence-corrected chi connectivity index (χ0v) is 13.4. The number of aromatic nitrogens is 3. The highest BCUT2D eigenvalue weighted by molar-refractivity contribution is 8.01. The molecule has 0 spiro atoms. The van der Waals surface area contributed by atoms with Crippen LogP contribution in [-0.2, 0) is 13.5 Å². The summed E-state index contributed by atoms with van der Waals surface area (Å²) in [6.07, 6.45) is 1.86.